The van der Waals surface area contributed by atoms with E-state index >= 15 is 0 Å². The zero-order chi connectivity index (χ0) is 54.2. The summed E-state index contributed by atoms with van der Waals surface area (Å²) in [5.41, 5.74) is 6.05. The van der Waals surface area contributed by atoms with Gasteiger partial charge in [-0.05, 0) is 61.1 Å². The average molecular weight is 1210 g/mol. The van der Waals surface area contributed by atoms with Crippen molar-refractivity contribution in [1.82, 2.24) is 51.3 Å². The van der Waals surface area contributed by atoms with E-state index in [2.05, 4.69) is 37.1 Å². The molecule has 3 aromatic rings. The molecule has 26 nitrogen and oxygen atoms in total. The van der Waals surface area contributed by atoms with Crippen LogP contribution in [0, 0.1) is 36.9 Å². The van der Waals surface area contributed by atoms with Gasteiger partial charge in [0.05, 0.1) is 31.7 Å². The van der Waals surface area contributed by atoms with E-state index < -0.39 is 71.7 Å². The van der Waals surface area contributed by atoms with Crippen LogP contribution < -0.4 is 32.1 Å². The molecular weight excluding hydrogens is 1150 g/mol. The number of hydrazine groups is 1. The van der Waals surface area contributed by atoms with Gasteiger partial charge in [-0.1, -0.05) is 42.5 Å². The number of aromatic nitrogens is 1. The first kappa shape index (κ1) is 62.7. The van der Waals surface area contributed by atoms with Crippen molar-refractivity contribution >= 4 is 76.0 Å². The minimum Gasteiger partial charge on any atom is -0.480 e. The Bertz CT molecular complexity index is 2420. The van der Waals surface area contributed by atoms with E-state index in [1.165, 1.54) is 25.3 Å². The maximum absolute atomic E-state index is 13.7. The topological polar surface area (TPSA) is 370 Å². The fraction of sp³-hybridized carbons (Fsp3) is 0.479. The predicted molar refractivity (Wildman–Crippen MR) is 265 cm³/mol. The van der Waals surface area contributed by atoms with Gasteiger partial charge in [0.25, 0.3) is 11.8 Å². The molecule has 1 radical (unpaired) electrons. The summed E-state index contributed by atoms with van der Waals surface area (Å²) in [6.45, 7) is 1.97. The number of hydrogen-bond acceptors (Lipinski definition) is 16. The Morgan fingerprint density at radius 2 is 1.12 bits per heavy atom. The van der Waals surface area contributed by atoms with E-state index in [-0.39, 0.29) is 178 Å². The van der Waals surface area contributed by atoms with Crippen LogP contribution in [0.25, 0.3) is 10.8 Å². The van der Waals surface area contributed by atoms with Crippen molar-refractivity contribution < 1.29 is 110 Å². The summed E-state index contributed by atoms with van der Waals surface area (Å²) >= 11 is 0. The quantitative estimate of drug-likeness (QED) is 0.0334. The molecule has 11 N–H and O–H groups in total. The van der Waals surface area contributed by atoms with Crippen LogP contribution in [0.2, 0.25) is 0 Å². The predicted octanol–water partition coefficient (Wildman–Crippen LogP) is -0.644. The Balaban J connectivity index is 0.0000148. The molecule has 1 fully saturated rings. The van der Waals surface area contributed by atoms with Gasteiger partial charge in [-0.3, -0.25) is 59.2 Å². The second-order valence-corrected chi connectivity index (χ2v) is 17.7. The van der Waals surface area contributed by atoms with Crippen LogP contribution >= 0.6 is 0 Å². The van der Waals surface area contributed by atoms with Crippen molar-refractivity contribution in [3.63, 3.8) is 0 Å². The summed E-state index contributed by atoms with van der Waals surface area (Å²) in [6, 6.07) is 11.2. The zero-order valence-electron chi connectivity index (χ0n) is 41.3. The number of benzene rings is 2. The molecule has 4 rings (SSSR count). The van der Waals surface area contributed by atoms with Crippen molar-refractivity contribution in [3.05, 3.63) is 71.9 Å². The smallest absolute Gasteiger partial charge is 0.326 e. The molecule has 2 aromatic carbocycles. The second kappa shape index (κ2) is 32.7. The van der Waals surface area contributed by atoms with Crippen molar-refractivity contribution in [1.29, 1.82) is 0 Å². The van der Waals surface area contributed by atoms with Gasteiger partial charge in [0.1, 0.15) is 29.7 Å². The van der Waals surface area contributed by atoms with E-state index in [4.69, 9.17) is 0 Å². The molecule has 5 amide bonds. The van der Waals surface area contributed by atoms with Gasteiger partial charge >= 0.3 is 35.9 Å². The molecule has 0 saturated carbocycles. The average Bonchev–Trinajstić information content (AvgIpc) is 3.34. The van der Waals surface area contributed by atoms with Crippen molar-refractivity contribution in [2.24, 2.45) is 0 Å². The largest absolute Gasteiger partial charge is 0.480 e. The number of unbranched alkanes of at least 4 members (excludes halogenated alkanes) is 1. The number of carboxylic acid groups (broad SMARTS) is 5. The van der Waals surface area contributed by atoms with E-state index in [0.717, 1.165) is 16.3 Å². The molecule has 3 unspecified atom stereocenters. The molecule has 1 saturated heterocycles. The molecule has 0 bridgehead atoms. The van der Waals surface area contributed by atoms with E-state index in [1.807, 2.05) is 42.5 Å². The molecule has 1 aromatic heterocycles. The number of pyridine rings is 1. The third-order valence-electron chi connectivity index (χ3n) is 11.8. The Labute approximate surface area is 461 Å². The molecule has 1 aliphatic heterocycles. The van der Waals surface area contributed by atoms with Crippen LogP contribution in [0.3, 0.4) is 0 Å². The van der Waals surface area contributed by atoms with Crippen LogP contribution in [0.5, 0.6) is 0 Å². The molecule has 27 heteroatoms. The van der Waals surface area contributed by atoms with E-state index in [9.17, 15) is 73.5 Å². The molecular formula is C48H65LuN11O15. The summed E-state index contributed by atoms with van der Waals surface area (Å²) in [7, 11) is 0. The number of fused-ring (bicyclic) bond motifs is 1. The first-order valence-electron chi connectivity index (χ1n) is 23.9. The Hall–Kier alpha value is -6.58. The first-order valence-corrected chi connectivity index (χ1v) is 23.9. The number of amides is 5. The number of rotatable bonds is 27. The molecule has 2 heterocycles. The molecule has 417 valence electrons. The van der Waals surface area contributed by atoms with Crippen LogP contribution in [0.15, 0.2) is 60.8 Å². The number of ketones is 1. The van der Waals surface area contributed by atoms with Gasteiger partial charge < -0.3 is 51.6 Å². The van der Waals surface area contributed by atoms with Crippen LogP contribution in [0.1, 0.15) is 54.9 Å². The molecule has 0 spiro atoms. The zero-order valence-corrected chi connectivity index (χ0v) is 42.9. The van der Waals surface area contributed by atoms with Crippen LogP contribution in [0.4, 0.5) is 10.6 Å². The number of carbonyl (C=O) groups is 10. The van der Waals surface area contributed by atoms with E-state index in [1.54, 1.807) is 19.6 Å². The number of Topliss-reactive ketones (excluding diaryl/α,β-unsaturated/α-hetero) is 1. The summed E-state index contributed by atoms with van der Waals surface area (Å²) in [5.74, 6) is -7.82. The number of aliphatic carboxylic acids is 5. The Kier molecular flexibility index (Phi) is 27.3. The first-order chi connectivity index (χ1) is 35.2. The summed E-state index contributed by atoms with van der Waals surface area (Å²) in [5, 5.41) is 59.3. The van der Waals surface area contributed by atoms with Crippen molar-refractivity contribution in [2.75, 3.05) is 90.5 Å². The minimum absolute atomic E-state index is 0. The maximum atomic E-state index is 13.7. The molecule has 0 aliphatic carbocycles. The number of carboxylic acids is 5. The van der Waals surface area contributed by atoms with Gasteiger partial charge in [0.15, 0.2) is 0 Å². The van der Waals surface area contributed by atoms with Gasteiger partial charge in [-0.25, -0.2) is 19.4 Å². The summed E-state index contributed by atoms with van der Waals surface area (Å²) < 4.78 is 0. The molecule has 75 heavy (non-hydrogen) atoms. The van der Waals surface area contributed by atoms with Gasteiger partial charge in [-0.2, -0.15) is 0 Å². The maximum Gasteiger partial charge on any atom is 0.326 e. The number of urea groups is 1. The second-order valence-electron chi connectivity index (χ2n) is 17.7. The van der Waals surface area contributed by atoms with Crippen LogP contribution in [-0.2, 0) is 44.8 Å². The SMILES string of the molecule is CC(=O)CCC(NC(=O)NC(CCCCNC(=O)C(Cc1ccc2ccccc2c1)NC(=O)c1ccc(NNC(=O)CN2CCN(CC(=O)O)CCN(CC(=O)O)CCN(CC(=O)O)CC2)nc1)C(=O)O)C(=O)O.[177Lu]. The van der Waals surface area contributed by atoms with Crippen molar-refractivity contribution in [2.45, 2.75) is 63.6 Å². The summed E-state index contributed by atoms with van der Waals surface area (Å²) in [4.78, 5) is 133. The monoisotopic (exact) mass is 1210 g/mol. The van der Waals surface area contributed by atoms with Gasteiger partial charge in [0, 0.05) is 115 Å². The normalized spacial score (nSPS) is 15.2. The number of carbonyl (C=O) groups excluding carboxylic acids is 5. The molecule has 1 aliphatic rings. The number of hydrogen-bond donors (Lipinski definition) is 11. The number of anilines is 1. The third kappa shape index (κ3) is 24.1. The Morgan fingerprint density at radius 3 is 1.61 bits per heavy atom. The molecule has 3 atom stereocenters. The van der Waals surface area contributed by atoms with Crippen molar-refractivity contribution in [3.8, 4) is 0 Å². The third-order valence-corrected chi connectivity index (χ3v) is 11.8. The summed E-state index contributed by atoms with van der Waals surface area (Å²) in [6.07, 6.45) is 1.47. The number of nitrogens with one attached hydrogen (secondary N) is 6. The van der Waals surface area contributed by atoms with Crippen LogP contribution in [-0.4, -0.2) is 213 Å². The Morgan fingerprint density at radius 1 is 0.600 bits per heavy atom. The fourth-order valence-corrected chi connectivity index (χ4v) is 7.84. The van der Waals surface area contributed by atoms with Gasteiger partial charge in [-0.15, -0.1) is 0 Å². The number of nitrogens with zero attached hydrogens (tertiary/aromatic N) is 5. The van der Waals surface area contributed by atoms with E-state index in [0.29, 0.717) is 0 Å². The standard InChI is InChI=1S/C48H65N11O15.Lu/c1-31(60)9-13-37(47(72)73)53-48(74)52-36(46(70)71)8-4-5-15-49-45(69)38(25-32-10-11-33-6-2-3-7-34(33)24-32)51-44(68)35-12-14-39(50-26-35)54-55-40(61)27-56-16-18-57(28-41(62)63)20-22-59(30-43(66)67)23-21-58(19-17-56)29-42(64)65;/h2-3,6-7,10-12,14,24,26,36-38H,4-5,8-9,13,15-23,25,27-30H2,1H3,(H,49,69)(H,50,54)(H,51,68)(H,55,61)(H,62,63)(H,64,65)(H,66,67)(H,70,71)(H,72,73)(H2,52,53,74);/i;1+2. The minimum atomic E-state index is -1.41. The fourth-order valence-electron chi connectivity index (χ4n) is 7.84. The van der Waals surface area contributed by atoms with Gasteiger partial charge in [0.2, 0.25) is 5.91 Å².